The number of nitrogens with zero attached hydrogens (tertiary/aromatic N) is 3. The quantitative estimate of drug-likeness (QED) is 0.762. The van der Waals surface area contributed by atoms with Crippen molar-refractivity contribution in [1.29, 1.82) is 0 Å². The number of hydrogen-bond acceptors (Lipinski definition) is 4. The van der Waals surface area contributed by atoms with Gasteiger partial charge in [-0.3, -0.25) is 4.90 Å². The normalized spacial score (nSPS) is 24.0. The van der Waals surface area contributed by atoms with Gasteiger partial charge in [-0.2, -0.15) is 4.31 Å². The maximum Gasteiger partial charge on any atom is 0.317 e. The van der Waals surface area contributed by atoms with Crippen molar-refractivity contribution in [2.75, 3.05) is 46.3 Å². The monoisotopic (exact) mass is 422 g/mol. The molecule has 1 N–H and O–H groups in total. The lowest BCUT2D eigenvalue weighted by Crippen LogP contribution is -2.59. The minimum Gasteiger partial charge on any atom is -0.341 e. The van der Waals surface area contributed by atoms with E-state index in [9.17, 15) is 13.2 Å². The van der Waals surface area contributed by atoms with Crippen LogP contribution in [0.5, 0.6) is 0 Å². The third kappa shape index (κ3) is 4.44. The molecule has 0 aliphatic carbocycles. The lowest BCUT2D eigenvalue weighted by molar-refractivity contribution is 0.0574. The van der Waals surface area contributed by atoms with Gasteiger partial charge in [0.05, 0.1) is 4.90 Å². The van der Waals surface area contributed by atoms with E-state index < -0.39 is 10.0 Å². The smallest absolute Gasteiger partial charge is 0.317 e. The molecule has 162 valence electrons. The molecule has 0 saturated carbocycles. The van der Waals surface area contributed by atoms with Gasteiger partial charge in [-0.15, -0.1) is 0 Å². The minimum absolute atomic E-state index is 0.0342. The Labute approximate surface area is 175 Å². The van der Waals surface area contributed by atoms with Crippen LogP contribution in [0.4, 0.5) is 4.79 Å². The number of amides is 2. The molecule has 2 fully saturated rings. The van der Waals surface area contributed by atoms with Crippen LogP contribution in [0.25, 0.3) is 0 Å². The average molecular weight is 423 g/mol. The minimum atomic E-state index is -3.46. The summed E-state index contributed by atoms with van der Waals surface area (Å²) in [7, 11) is -1.80. The second kappa shape index (κ2) is 9.02. The summed E-state index contributed by atoms with van der Waals surface area (Å²) in [5.41, 5.74) is 1.12. The van der Waals surface area contributed by atoms with Crippen LogP contribution in [-0.2, 0) is 16.4 Å². The summed E-state index contributed by atoms with van der Waals surface area (Å²) < 4.78 is 27.7. The van der Waals surface area contributed by atoms with Crippen LogP contribution in [0.15, 0.2) is 29.2 Å². The van der Waals surface area contributed by atoms with E-state index in [1.54, 1.807) is 23.5 Å². The Morgan fingerprint density at radius 1 is 1.07 bits per heavy atom. The summed E-state index contributed by atoms with van der Waals surface area (Å²) in [5.74, 6) is 0. The predicted octanol–water partition coefficient (Wildman–Crippen LogP) is 2.14. The summed E-state index contributed by atoms with van der Waals surface area (Å²) >= 11 is 0. The van der Waals surface area contributed by atoms with Gasteiger partial charge in [0.2, 0.25) is 10.0 Å². The van der Waals surface area contributed by atoms with Gasteiger partial charge in [-0.25, -0.2) is 13.2 Å². The summed E-state index contributed by atoms with van der Waals surface area (Å²) in [6, 6.07) is 7.28. The zero-order valence-corrected chi connectivity index (χ0v) is 18.7. The highest BCUT2D eigenvalue weighted by atomic mass is 32.2. The van der Waals surface area contributed by atoms with Crippen LogP contribution in [0.2, 0.25) is 0 Å². The van der Waals surface area contributed by atoms with E-state index >= 15 is 0 Å². The molecule has 2 heterocycles. The van der Waals surface area contributed by atoms with Crippen molar-refractivity contribution in [1.82, 2.24) is 19.4 Å². The Hall–Kier alpha value is -1.64. The van der Waals surface area contributed by atoms with Crippen LogP contribution >= 0.6 is 0 Å². The Balaban J connectivity index is 1.65. The van der Waals surface area contributed by atoms with Crippen LogP contribution in [-0.4, -0.2) is 80.4 Å². The highest BCUT2D eigenvalue weighted by Crippen LogP contribution is 2.33. The number of rotatable bonds is 6. The molecule has 8 heteroatoms. The number of likely N-dealkylation sites (tertiary alicyclic amines) is 1. The third-order valence-corrected chi connectivity index (χ3v) is 8.41. The number of benzene rings is 1. The Morgan fingerprint density at radius 3 is 2.28 bits per heavy atom. The lowest BCUT2D eigenvalue weighted by Gasteiger charge is -2.45. The molecule has 1 aromatic carbocycles. The molecule has 2 aliphatic heterocycles. The molecule has 2 saturated heterocycles. The van der Waals surface area contributed by atoms with Crippen molar-refractivity contribution in [2.45, 2.75) is 50.0 Å². The van der Waals surface area contributed by atoms with Crippen molar-refractivity contribution >= 4 is 16.1 Å². The first-order chi connectivity index (χ1) is 13.9. The number of urea groups is 1. The van der Waals surface area contributed by atoms with Crippen molar-refractivity contribution < 1.29 is 13.2 Å². The zero-order chi connectivity index (χ0) is 21.1. The van der Waals surface area contributed by atoms with E-state index in [1.807, 2.05) is 17.0 Å². The van der Waals surface area contributed by atoms with Crippen LogP contribution in [0, 0.1) is 0 Å². The standard InChI is InChI=1S/C21H34N4O3S/c1-4-6-18-7-9-19(10-8-18)29(27,28)25-15-13-24(14-16-25)21(5-2)11-12-23(17-21)20(26)22-3/h7-10H,4-6,11-17H2,1-3H3,(H,22,26)/t21-/m0/s1. The number of sulfonamides is 1. The fourth-order valence-electron chi connectivity index (χ4n) is 4.63. The summed E-state index contributed by atoms with van der Waals surface area (Å²) in [6.07, 6.45) is 3.89. The molecule has 0 spiro atoms. The number of aryl methyl sites for hydroxylation is 1. The number of carbonyl (C=O) groups excluding carboxylic acids is 1. The lowest BCUT2D eigenvalue weighted by atomic mass is 9.92. The highest BCUT2D eigenvalue weighted by Gasteiger charge is 2.44. The Bertz CT molecular complexity index is 804. The van der Waals surface area contributed by atoms with Gasteiger partial charge in [0.1, 0.15) is 0 Å². The first kappa shape index (κ1) is 22.1. The topological polar surface area (TPSA) is 73.0 Å². The maximum absolute atomic E-state index is 13.1. The molecular formula is C21H34N4O3S. The fraction of sp³-hybridized carbons (Fsp3) is 0.667. The van der Waals surface area contributed by atoms with Gasteiger partial charge in [-0.1, -0.05) is 32.4 Å². The second-order valence-electron chi connectivity index (χ2n) is 8.09. The van der Waals surface area contributed by atoms with Gasteiger partial charge >= 0.3 is 6.03 Å². The summed E-state index contributed by atoms with van der Waals surface area (Å²) in [6.45, 7) is 8.09. The van der Waals surface area contributed by atoms with Crippen molar-refractivity contribution in [3.8, 4) is 0 Å². The van der Waals surface area contributed by atoms with E-state index in [0.29, 0.717) is 37.6 Å². The summed E-state index contributed by atoms with van der Waals surface area (Å²) in [5, 5.41) is 2.71. The highest BCUT2D eigenvalue weighted by molar-refractivity contribution is 7.89. The molecule has 7 nitrogen and oxygen atoms in total. The molecule has 0 bridgehead atoms. The number of piperazine rings is 1. The molecule has 0 aromatic heterocycles. The largest absolute Gasteiger partial charge is 0.341 e. The van der Waals surface area contributed by atoms with E-state index in [-0.39, 0.29) is 11.6 Å². The molecular weight excluding hydrogens is 388 g/mol. The number of nitrogens with one attached hydrogen (secondary N) is 1. The van der Waals surface area contributed by atoms with Crippen molar-refractivity contribution in [2.24, 2.45) is 0 Å². The van der Waals surface area contributed by atoms with E-state index in [1.165, 1.54) is 5.56 Å². The van der Waals surface area contributed by atoms with E-state index in [4.69, 9.17) is 0 Å². The molecule has 2 aliphatic rings. The van der Waals surface area contributed by atoms with Crippen LogP contribution in [0.3, 0.4) is 0 Å². The van der Waals surface area contributed by atoms with Gasteiger partial charge in [-0.05, 0) is 37.0 Å². The number of hydrogen-bond donors (Lipinski definition) is 1. The molecule has 1 atom stereocenters. The molecule has 0 unspecified atom stereocenters. The van der Waals surface area contributed by atoms with Crippen LogP contribution < -0.4 is 5.32 Å². The SMILES string of the molecule is CCCc1ccc(S(=O)(=O)N2CCN([C@@]3(CC)CCN(C(=O)NC)C3)CC2)cc1. The van der Waals surface area contributed by atoms with Gasteiger partial charge < -0.3 is 10.2 Å². The maximum atomic E-state index is 13.1. The fourth-order valence-corrected chi connectivity index (χ4v) is 6.05. The van der Waals surface area contributed by atoms with E-state index in [0.717, 1.165) is 32.2 Å². The molecule has 29 heavy (non-hydrogen) atoms. The number of carbonyl (C=O) groups is 1. The molecule has 3 rings (SSSR count). The Kier molecular flexibility index (Phi) is 6.86. The van der Waals surface area contributed by atoms with Gasteiger partial charge in [0.15, 0.2) is 0 Å². The third-order valence-electron chi connectivity index (χ3n) is 6.50. The average Bonchev–Trinajstić information content (AvgIpc) is 3.20. The van der Waals surface area contributed by atoms with Crippen LogP contribution in [0.1, 0.15) is 38.7 Å². The van der Waals surface area contributed by atoms with Crippen molar-refractivity contribution in [3.63, 3.8) is 0 Å². The first-order valence-corrected chi connectivity index (χ1v) is 12.1. The molecule has 0 radical (unpaired) electrons. The molecule has 2 amide bonds. The first-order valence-electron chi connectivity index (χ1n) is 10.7. The van der Waals surface area contributed by atoms with Gasteiger partial charge in [0, 0.05) is 51.9 Å². The Morgan fingerprint density at radius 2 is 1.72 bits per heavy atom. The van der Waals surface area contributed by atoms with E-state index in [2.05, 4.69) is 24.1 Å². The van der Waals surface area contributed by atoms with Gasteiger partial charge in [0.25, 0.3) is 0 Å². The predicted molar refractivity (Wildman–Crippen MR) is 114 cm³/mol. The molecule has 1 aromatic rings. The summed E-state index contributed by atoms with van der Waals surface area (Å²) in [4.78, 5) is 16.7. The van der Waals surface area contributed by atoms with Crippen molar-refractivity contribution in [3.05, 3.63) is 29.8 Å². The second-order valence-corrected chi connectivity index (χ2v) is 10.0. The zero-order valence-electron chi connectivity index (χ0n) is 17.9.